The highest BCUT2D eigenvalue weighted by atomic mass is 127. The Kier molecular flexibility index (Phi) is 18.8. The predicted molar refractivity (Wildman–Crippen MR) is 283 cm³/mol. The van der Waals surface area contributed by atoms with Gasteiger partial charge in [-0.05, 0) is 117 Å². The number of terminal acetylenes is 1. The fourth-order valence-electron chi connectivity index (χ4n) is 6.41. The quantitative estimate of drug-likeness (QED) is 0.0901. The summed E-state index contributed by atoms with van der Waals surface area (Å²) in [6.07, 6.45) is 20.7. The van der Waals surface area contributed by atoms with Crippen LogP contribution in [0.4, 0.5) is 0 Å². The highest BCUT2D eigenvalue weighted by molar-refractivity contribution is 14.1. The van der Waals surface area contributed by atoms with Crippen LogP contribution >= 0.6 is 35.0 Å². The van der Waals surface area contributed by atoms with Crippen molar-refractivity contribution in [3.8, 4) is 40.5 Å². The van der Waals surface area contributed by atoms with Gasteiger partial charge in [-0.1, -0.05) is 62.5 Å². The van der Waals surface area contributed by atoms with Crippen molar-refractivity contribution >= 4 is 63.1 Å². The molecule has 0 amide bonds. The van der Waals surface area contributed by atoms with Crippen molar-refractivity contribution in [2.24, 2.45) is 21.1 Å². The molecule has 4 aromatic heterocycles. The zero-order valence-electron chi connectivity index (χ0n) is 40.8. The van der Waals surface area contributed by atoms with Crippen LogP contribution in [0.15, 0.2) is 61.2 Å². The molecule has 0 bridgehead atoms. The molecular formula is C50H65ClIN9O4Si2. The van der Waals surface area contributed by atoms with E-state index >= 15 is 0 Å². The van der Waals surface area contributed by atoms with Gasteiger partial charge in [-0.25, -0.2) is 29.2 Å². The number of aryl methyl sites for hydroxylation is 6. The van der Waals surface area contributed by atoms with Gasteiger partial charge >= 0.3 is 11.9 Å². The second kappa shape index (κ2) is 23.2. The molecule has 0 aliphatic heterocycles. The van der Waals surface area contributed by atoms with Crippen molar-refractivity contribution in [2.75, 3.05) is 0 Å². The highest BCUT2D eigenvalue weighted by Gasteiger charge is 2.30. The van der Waals surface area contributed by atoms with Gasteiger partial charge in [-0.15, -0.1) is 35.0 Å². The number of carboxylic acid groups (broad SMARTS) is 2. The number of halogens is 2. The lowest BCUT2D eigenvalue weighted by Crippen LogP contribution is -2.16. The van der Waals surface area contributed by atoms with Crippen molar-refractivity contribution in [2.45, 2.75) is 116 Å². The summed E-state index contributed by atoms with van der Waals surface area (Å²) in [6.45, 7) is 19.1. The monoisotopic (exact) mass is 1070 g/mol. The predicted octanol–water partition coefficient (Wildman–Crippen LogP) is 10.9. The zero-order valence-corrected chi connectivity index (χ0v) is 45.8. The lowest BCUT2D eigenvalue weighted by Gasteiger charge is -2.05. The van der Waals surface area contributed by atoms with Gasteiger partial charge in [0.2, 0.25) is 0 Å². The second-order valence-corrected chi connectivity index (χ2v) is 30.1. The molecule has 2 N–H and O–H groups in total. The summed E-state index contributed by atoms with van der Waals surface area (Å²) in [5.74, 6) is 7.00. The Balaban J connectivity index is 0.000000197. The Morgan fingerprint density at radius 3 is 1.61 bits per heavy atom. The molecule has 0 spiro atoms. The Morgan fingerprint density at radius 2 is 1.15 bits per heavy atom. The summed E-state index contributed by atoms with van der Waals surface area (Å²) in [5, 5.41) is 26.1. The smallest absolute Gasteiger partial charge is 0.335 e. The number of imidazole rings is 3. The molecule has 67 heavy (non-hydrogen) atoms. The third kappa shape index (κ3) is 16.8. The minimum Gasteiger partial charge on any atom is -0.478 e. The zero-order chi connectivity index (χ0) is 48.7. The average molecular weight is 1070 g/mol. The Labute approximate surface area is 417 Å². The molecule has 2 aromatic carbocycles. The van der Waals surface area contributed by atoms with Gasteiger partial charge < -0.3 is 23.9 Å². The first kappa shape index (κ1) is 54.3. The molecule has 3 saturated carbocycles. The summed E-state index contributed by atoms with van der Waals surface area (Å²) in [4.78, 5) is 35.3. The van der Waals surface area contributed by atoms with Crippen LogP contribution in [0.25, 0.3) is 17.1 Å². The van der Waals surface area contributed by atoms with Gasteiger partial charge in [0.15, 0.2) is 0 Å². The van der Waals surface area contributed by atoms with Gasteiger partial charge in [-0.3, -0.25) is 0 Å². The first-order valence-electron chi connectivity index (χ1n) is 22.3. The van der Waals surface area contributed by atoms with Gasteiger partial charge in [0.05, 0.1) is 28.7 Å². The van der Waals surface area contributed by atoms with Crippen LogP contribution in [-0.4, -0.2) is 81.9 Å². The van der Waals surface area contributed by atoms with Crippen LogP contribution in [0.5, 0.6) is 0 Å². The van der Waals surface area contributed by atoms with E-state index in [0.29, 0.717) is 28.8 Å². The first-order chi connectivity index (χ1) is 30.9. The SMILES string of the molecule is C#C[Si](C)(C)C.Cc1ccc(C(=O)O)cc1-n1cc(-c2cn(C)c(C3CC3)n2)nn1.Cc1ccc(C(=O)O)cc1I.Cc1cn(C)c(C2CC2)n1.Cl.Cn1cc(C#C[Si](C)(C)C)nc1C1CC1. The molecule has 9 rings (SSSR count). The molecule has 3 fully saturated rings. The standard InChI is InChI=1S/C17H17N5O2.C12H18N2Si.C8H7IO2.C8H12N2.C5H10Si.ClH/c1-10-3-4-12(17(23)24)7-15(10)22-9-14(19-20-22)13-8-21(2)16(18-13)11-5-6-11;1-14-9-11(7-8-15(2,3)4)13-12(14)10-5-6-10;1-5-2-3-6(8(10)11)4-7(5)9;1-6-5-10(2)8(9-6)7-3-4-7;1-5-6(2,3)4;/h3-4,7-9,11H,5-6H2,1-2H3,(H,23,24);9-10H,5-6H2,1-4H3;2-4H,1H3,(H,10,11);5,7H,3-4H2,1-2H3;1H,2-4H3;1H. The topological polar surface area (TPSA) is 159 Å². The molecule has 3 aliphatic rings. The number of nitrogens with zero attached hydrogens (tertiary/aromatic N) is 9. The van der Waals surface area contributed by atoms with Crippen LogP contribution < -0.4 is 0 Å². The summed E-state index contributed by atoms with van der Waals surface area (Å²) in [6, 6.07) is 10.0. The van der Waals surface area contributed by atoms with E-state index in [1.54, 1.807) is 41.2 Å². The fraction of sp³-hybridized carbons (Fsp3) is 0.420. The van der Waals surface area contributed by atoms with E-state index in [1.807, 2.05) is 44.6 Å². The number of hydrogen-bond donors (Lipinski definition) is 2. The lowest BCUT2D eigenvalue weighted by molar-refractivity contribution is 0.0686. The van der Waals surface area contributed by atoms with E-state index in [2.05, 4.69) is 140 Å². The minimum atomic E-state index is -1.27. The summed E-state index contributed by atoms with van der Waals surface area (Å²) >= 11 is 2.12. The van der Waals surface area contributed by atoms with Gasteiger partial charge in [0.1, 0.15) is 50.7 Å². The lowest BCUT2D eigenvalue weighted by atomic mass is 10.1. The van der Waals surface area contributed by atoms with Crippen LogP contribution in [0.2, 0.25) is 39.3 Å². The maximum Gasteiger partial charge on any atom is 0.335 e. The van der Waals surface area contributed by atoms with Crippen molar-refractivity contribution in [1.82, 2.24) is 43.6 Å². The van der Waals surface area contributed by atoms with Crippen molar-refractivity contribution < 1.29 is 19.8 Å². The summed E-state index contributed by atoms with van der Waals surface area (Å²) in [7, 11) is 3.77. The molecule has 17 heteroatoms. The second-order valence-electron chi connectivity index (χ2n) is 19.4. The van der Waals surface area contributed by atoms with E-state index in [9.17, 15) is 9.59 Å². The highest BCUT2D eigenvalue weighted by Crippen LogP contribution is 2.41. The number of rotatable bonds is 7. The Bertz CT molecular complexity index is 2780. The number of aromatic nitrogens is 9. The van der Waals surface area contributed by atoms with E-state index in [0.717, 1.165) is 43.5 Å². The van der Waals surface area contributed by atoms with Crippen LogP contribution in [0.3, 0.4) is 0 Å². The molecule has 0 radical (unpaired) electrons. The first-order valence-corrected chi connectivity index (χ1v) is 30.3. The normalized spacial score (nSPS) is 13.8. The third-order valence-electron chi connectivity index (χ3n) is 10.6. The molecular weight excluding hydrogens is 1010 g/mol. The van der Waals surface area contributed by atoms with Crippen molar-refractivity contribution in [1.29, 1.82) is 0 Å². The fourth-order valence-corrected chi connectivity index (χ4v) is 7.43. The number of carbonyl (C=O) groups is 2. The summed E-state index contributed by atoms with van der Waals surface area (Å²) in [5.41, 5.74) is 13.0. The molecule has 0 unspecified atom stereocenters. The third-order valence-corrected chi connectivity index (χ3v) is 13.5. The van der Waals surface area contributed by atoms with Crippen LogP contribution in [0, 0.1) is 47.8 Å². The van der Waals surface area contributed by atoms with Gasteiger partial charge in [0, 0.05) is 61.1 Å². The van der Waals surface area contributed by atoms with Crippen LogP contribution in [-0.2, 0) is 21.1 Å². The van der Waals surface area contributed by atoms with Crippen molar-refractivity contribution in [3.05, 3.63) is 116 Å². The van der Waals surface area contributed by atoms with E-state index < -0.39 is 28.1 Å². The molecule has 356 valence electrons. The number of hydrogen-bond acceptors (Lipinski definition) is 7. The molecule has 3 aliphatic carbocycles. The van der Waals surface area contributed by atoms with Gasteiger partial charge in [0.25, 0.3) is 0 Å². The Morgan fingerprint density at radius 1 is 0.672 bits per heavy atom. The molecule has 0 atom stereocenters. The van der Waals surface area contributed by atoms with Crippen molar-refractivity contribution in [3.63, 3.8) is 0 Å². The van der Waals surface area contributed by atoms with E-state index in [-0.39, 0.29) is 18.0 Å². The van der Waals surface area contributed by atoms with Gasteiger partial charge in [-0.2, -0.15) is 0 Å². The maximum atomic E-state index is 11.2. The molecule has 13 nitrogen and oxygen atoms in total. The molecule has 6 aromatic rings. The number of carboxylic acids is 2. The summed E-state index contributed by atoms with van der Waals surface area (Å²) < 4.78 is 8.91. The Hall–Kier alpha value is -5.28. The number of benzene rings is 2. The van der Waals surface area contributed by atoms with Crippen LogP contribution in [0.1, 0.15) is 117 Å². The van der Waals surface area contributed by atoms with E-state index in [1.165, 1.54) is 50.2 Å². The van der Waals surface area contributed by atoms with E-state index in [4.69, 9.17) is 16.6 Å². The average Bonchev–Trinajstić information content (AvgIpc) is 4.21. The largest absolute Gasteiger partial charge is 0.478 e. The molecule has 4 heterocycles. The number of aromatic carboxylic acids is 2. The molecule has 0 saturated heterocycles. The maximum absolute atomic E-state index is 11.2. The minimum absolute atomic E-state index is 0.